The molecule has 1 atom stereocenters. The lowest BCUT2D eigenvalue weighted by molar-refractivity contribution is -0.161. The van der Waals surface area contributed by atoms with Gasteiger partial charge >= 0.3 is 5.97 Å². The molecule has 2 rings (SSSR count). The summed E-state index contributed by atoms with van der Waals surface area (Å²) in [6.45, 7) is 2.87. The van der Waals surface area contributed by atoms with Crippen LogP contribution < -0.4 is 0 Å². The third-order valence-electron chi connectivity index (χ3n) is 3.99. The summed E-state index contributed by atoms with van der Waals surface area (Å²) in [6, 6.07) is 1.84. The second kappa shape index (κ2) is 6.07. The molecule has 0 radical (unpaired) electrons. The van der Waals surface area contributed by atoms with Crippen LogP contribution in [-0.2, 0) is 16.1 Å². The number of carbonyl (C=O) groups is 2. The number of likely N-dealkylation sites (tertiary alicyclic amines) is 1. The molecule has 1 aliphatic heterocycles. The van der Waals surface area contributed by atoms with Gasteiger partial charge in [-0.3, -0.25) is 9.48 Å². The molecule has 0 aliphatic carbocycles. The Bertz CT molecular complexity index is 472. The molecule has 1 amide bonds. The summed E-state index contributed by atoms with van der Waals surface area (Å²) in [5.74, 6) is -0.973. The lowest BCUT2D eigenvalue weighted by Gasteiger charge is -2.41. The van der Waals surface area contributed by atoms with Gasteiger partial charge in [-0.05, 0) is 38.7 Å². The lowest BCUT2D eigenvalue weighted by Crippen LogP contribution is -2.57. The van der Waals surface area contributed by atoms with Gasteiger partial charge in [-0.2, -0.15) is 5.10 Å². The average molecular weight is 279 g/mol. The molecule has 0 unspecified atom stereocenters. The monoisotopic (exact) mass is 279 g/mol. The summed E-state index contributed by atoms with van der Waals surface area (Å²) in [7, 11) is 0. The van der Waals surface area contributed by atoms with Crippen LogP contribution in [0.1, 0.15) is 39.0 Å². The maximum atomic E-state index is 12.3. The zero-order chi connectivity index (χ0) is 14.6. The van der Waals surface area contributed by atoms with Gasteiger partial charge in [0.1, 0.15) is 5.54 Å². The van der Waals surface area contributed by atoms with Gasteiger partial charge in [-0.1, -0.05) is 0 Å². The Kier molecular flexibility index (Phi) is 4.42. The number of nitrogens with zero attached hydrogens (tertiary/aromatic N) is 3. The first kappa shape index (κ1) is 14.6. The molecule has 1 N–H and O–H groups in total. The summed E-state index contributed by atoms with van der Waals surface area (Å²) < 4.78 is 1.78. The lowest BCUT2D eigenvalue weighted by atomic mass is 9.88. The van der Waals surface area contributed by atoms with Crippen molar-refractivity contribution in [2.24, 2.45) is 0 Å². The van der Waals surface area contributed by atoms with Gasteiger partial charge in [-0.25, -0.2) is 4.79 Å². The van der Waals surface area contributed by atoms with E-state index < -0.39 is 11.5 Å². The maximum Gasteiger partial charge on any atom is 0.329 e. The average Bonchev–Trinajstić information content (AvgIpc) is 2.92. The zero-order valence-electron chi connectivity index (χ0n) is 11.8. The first-order chi connectivity index (χ1) is 9.54. The fraction of sp³-hybridized carbons (Fsp3) is 0.643. The van der Waals surface area contributed by atoms with Gasteiger partial charge in [0.15, 0.2) is 0 Å². The second-order valence-corrected chi connectivity index (χ2v) is 5.45. The highest BCUT2D eigenvalue weighted by Crippen LogP contribution is 2.29. The Morgan fingerprint density at radius 3 is 2.85 bits per heavy atom. The summed E-state index contributed by atoms with van der Waals surface area (Å²) in [6.07, 6.45) is 6.87. The molecule has 20 heavy (non-hydrogen) atoms. The van der Waals surface area contributed by atoms with E-state index in [0.29, 0.717) is 32.4 Å². The van der Waals surface area contributed by atoms with Gasteiger partial charge in [0.05, 0.1) is 0 Å². The number of hydrogen-bond donors (Lipinski definition) is 1. The molecule has 6 heteroatoms. The Hall–Kier alpha value is -1.85. The fourth-order valence-corrected chi connectivity index (χ4v) is 2.70. The first-order valence-electron chi connectivity index (χ1n) is 7.05. The van der Waals surface area contributed by atoms with Crippen LogP contribution in [0.3, 0.4) is 0 Å². The predicted molar refractivity (Wildman–Crippen MR) is 73.1 cm³/mol. The Morgan fingerprint density at radius 2 is 2.20 bits per heavy atom. The highest BCUT2D eigenvalue weighted by Gasteiger charge is 2.43. The van der Waals surface area contributed by atoms with E-state index >= 15 is 0 Å². The van der Waals surface area contributed by atoms with Gasteiger partial charge in [-0.15, -0.1) is 0 Å². The van der Waals surface area contributed by atoms with Crippen LogP contribution in [0.15, 0.2) is 18.5 Å². The number of amides is 1. The van der Waals surface area contributed by atoms with E-state index in [2.05, 4.69) is 5.10 Å². The number of piperidine rings is 1. The van der Waals surface area contributed by atoms with E-state index in [1.165, 1.54) is 0 Å². The van der Waals surface area contributed by atoms with E-state index in [1.807, 2.05) is 12.3 Å². The molecule has 2 heterocycles. The number of carboxylic acid groups (broad SMARTS) is 1. The van der Waals surface area contributed by atoms with Crippen molar-refractivity contribution in [3.05, 3.63) is 18.5 Å². The van der Waals surface area contributed by atoms with Gasteiger partial charge in [0.2, 0.25) is 5.91 Å². The van der Waals surface area contributed by atoms with Crippen LogP contribution in [-0.4, -0.2) is 43.7 Å². The van der Waals surface area contributed by atoms with Crippen molar-refractivity contribution >= 4 is 11.9 Å². The number of aromatic nitrogens is 2. The molecule has 1 aliphatic rings. The van der Waals surface area contributed by atoms with E-state index in [-0.39, 0.29) is 5.91 Å². The van der Waals surface area contributed by atoms with E-state index in [4.69, 9.17) is 0 Å². The summed E-state index contributed by atoms with van der Waals surface area (Å²) in [5, 5.41) is 13.5. The van der Waals surface area contributed by atoms with Crippen LogP contribution in [0, 0.1) is 0 Å². The third-order valence-corrected chi connectivity index (χ3v) is 3.99. The van der Waals surface area contributed by atoms with Gasteiger partial charge < -0.3 is 10.0 Å². The highest BCUT2D eigenvalue weighted by atomic mass is 16.4. The van der Waals surface area contributed by atoms with Gasteiger partial charge in [0, 0.05) is 31.9 Å². The summed E-state index contributed by atoms with van der Waals surface area (Å²) in [5.41, 5.74) is -1.04. The molecule has 1 aromatic heterocycles. The van der Waals surface area contributed by atoms with E-state index in [0.717, 1.165) is 12.8 Å². The minimum Gasteiger partial charge on any atom is -0.480 e. The quantitative estimate of drug-likeness (QED) is 0.886. The second-order valence-electron chi connectivity index (χ2n) is 5.45. The van der Waals surface area contributed by atoms with Crippen LogP contribution in [0.25, 0.3) is 0 Å². The highest BCUT2D eigenvalue weighted by molar-refractivity contribution is 5.87. The maximum absolute atomic E-state index is 12.3. The topological polar surface area (TPSA) is 75.4 Å². The minimum absolute atomic E-state index is 0.0678. The normalized spacial score (nSPS) is 22.8. The standard InChI is InChI=1S/C14H21N3O3/c1-14(13(19)20)7-2-3-11-17(14)12(18)6-4-9-16-10-5-8-15-16/h5,8,10H,2-4,6-7,9,11H2,1H3,(H,19,20)/t14-/m0/s1. The van der Waals surface area contributed by atoms with Crippen LogP contribution in [0.2, 0.25) is 0 Å². The molecule has 0 aromatic carbocycles. The van der Waals surface area contributed by atoms with Crippen molar-refractivity contribution in [2.45, 2.75) is 51.1 Å². The number of hydrogen-bond acceptors (Lipinski definition) is 3. The predicted octanol–water partition coefficient (Wildman–Crippen LogP) is 1.52. The molecule has 1 saturated heterocycles. The minimum atomic E-state index is -1.04. The molecule has 6 nitrogen and oxygen atoms in total. The Morgan fingerprint density at radius 1 is 1.40 bits per heavy atom. The number of aryl methyl sites for hydroxylation is 1. The van der Waals surface area contributed by atoms with E-state index in [1.54, 1.807) is 22.7 Å². The molecule has 0 saturated carbocycles. The number of carbonyl (C=O) groups excluding carboxylic acids is 1. The molecular weight excluding hydrogens is 258 g/mol. The molecule has 1 fully saturated rings. The van der Waals surface area contributed by atoms with E-state index in [9.17, 15) is 14.7 Å². The van der Waals surface area contributed by atoms with Gasteiger partial charge in [0.25, 0.3) is 0 Å². The molecule has 1 aromatic rings. The number of aliphatic carboxylic acids is 1. The van der Waals surface area contributed by atoms with Crippen molar-refractivity contribution in [1.29, 1.82) is 0 Å². The molecule has 110 valence electrons. The molecule has 0 bridgehead atoms. The summed E-state index contributed by atoms with van der Waals surface area (Å²) >= 11 is 0. The van der Waals surface area contributed by atoms with Crippen LogP contribution in [0.4, 0.5) is 0 Å². The molecular formula is C14H21N3O3. The number of carboxylic acids is 1. The SMILES string of the molecule is C[C@@]1(C(=O)O)CCCCN1C(=O)CCCn1cccn1. The Labute approximate surface area is 118 Å². The van der Waals surface area contributed by atoms with Crippen molar-refractivity contribution in [1.82, 2.24) is 14.7 Å². The summed E-state index contributed by atoms with van der Waals surface area (Å²) in [4.78, 5) is 25.3. The van der Waals surface area contributed by atoms with Crippen molar-refractivity contribution in [3.63, 3.8) is 0 Å². The Balaban J connectivity index is 1.91. The number of rotatable bonds is 5. The fourth-order valence-electron chi connectivity index (χ4n) is 2.70. The van der Waals surface area contributed by atoms with Crippen molar-refractivity contribution < 1.29 is 14.7 Å². The zero-order valence-corrected chi connectivity index (χ0v) is 11.8. The van der Waals surface area contributed by atoms with Crippen LogP contribution >= 0.6 is 0 Å². The smallest absolute Gasteiger partial charge is 0.329 e. The third kappa shape index (κ3) is 3.00. The molecule has 0 spiro atoms. The largest absolute Gasteiger partial charge is 0.480 e. The van der Waals surface area contributed by atoms with Crippen molar-refractivity contribution in [2.75, 3.05) is 6.54 Å². The van der Waals surface area contributed by atoms with Crippen LogP contribution in [0.5, 0.6) is 0 Å². The first-order valence-corrected chi connectivity index (χ1v) is 7.05. The van der Waals surface area contributed by atoms with Crippen molar-refractivity contribution in [3.8, 4) is 0 Å².